The lowest BCUT2D eigenvalue weighted by Gasteiger charge is -2.20. The van der Waals surface area contributed by atoms with Gasteiger partial charge < -0.3 is 10.3 Å². The van der Waals surface area contributed by atoms with Crippen LogP contribution in [0, 0.1) is 0 Å². The highest BCUT2D eigenvalue weighted by Gasteiger charge is 2.32. The molecule has 0 aliphatic carbocycles. The molecule has 0 aliphatic heterocycles. The molecule has 2 rings (SSSR count). The molecule has 5 nitrogen and oxygen atoms in total. The highest BCUT2D eigenvalue weighted by molar-refractivity contribution is 5.93. The number of halogens is 3. The Morgan fingerprint density at radius 2 is 1.85 bits per heavy atom. The van der Waals surface area contributed by atoms with Crippen LogP contribution in [0.1, 0.15) is 41.0 Å². The minimum atomic E-state index is -4.51. The molecular formula is C19H22F3N3O2. The summed E-state index contributed by atoms with van der Waals surface area (Å²) < 4.78 is 39.0. The molecule has 27 heavy (non-hydrogen) atoms. The van der Waals surface area contributed by atoms with Gasteiger partial charge in [0.05, 0.1) is 5.56 Å². The number of nitrogens with one attached hydrogen (secondary N) is 2. The summed E-state index contributed by atoms with van der Waals surface area (Å²) in [7, 11) is 1.90. The van der Waals surface area contributed by atoms with E-state index in [-0.39, 0.29) is 23.7 Å². The third-order valence-corrected chi connectivity index (χ3v) is 4.28. The number of alkyl halides is 3. The topological polar surface area (TPSA) is 65.2 Å². The van der Waals surface area contributed by atoms with Gasteiger partial charge in [0.25, 0.3) is 11.5 Å². The van der Waals surface area contributed by atoms with E-state index in [0.29, 0.717) is 12.2 Å². The van der Waals surface area contributed by atoms with Gasteiger partial charge in [-0.25, -0.2) is 0 Å². The Morgan fingerprint density at radius 3 is 2.44 bits per heavy atom. The highest BCUT2D eigenvalue weighted by Crippen LogP contribution is 2.31. The molecule has 0 unspecified atom stereocenters. The second-order valence-electron chi connectivity index (χ2n) is 6.57. The van der Waals surface area contributed by atoms with Gasteiger partial charge in [0.1, 0.15) is 5.56 Å². The third kappa shape index (κ3) is 5.43. The molecular weight excluding hydrogens is 359 g/mol. The van der Waals surface area contributed by atoms with Crippen LogP contribution in [-0.2, 0) is 19.3 Å². The number of pyridine rings is 1. The van der Waals surface area contributed by atoms with Crippen molar-refractivity contribution in [1.82, 2.24) is 15.2 Å². The molecule has 146 valence electrons. The van der Waals surface area contributed by atoms with E-state index in [0.717, 1.165) is 6.07 Å². The predicted molar refractivity (Wildman–Crippen MR) is 96.3 cm³/mol. The summed E-state index contributed by atoms with van der Waals surface area (Å²) in [4.78, 5) is 29.0. The molecule has 0 fully saturated rings. The van der Waals surface area contributed by atoms with E-state index in [9.17, 15) is 22.8 Å². The van der Waals surface area contributed by atoms with Crippen molar-refractivity contribution in [3.63, 3.8) is 0 Å². The van der Waals surface area contributed by atoms with Crippen LogP contribution in [0.15, 0.2) is 41.2 Å². The fraction of sp³-hybridized carbons (Fsp3) is 0.368. The van der Waals surface area contributed by atoms with Gasteiger partial charge in [-0.1, -0.05) is 18.2 Å². The van der Waals surface area contributed by atoms with Gasteiger partial charge in [0.15, 0.2) is 0 Å². The van der Waals surface area contributed by atoms with Crippen LogP contribution < -0.4 is 10.9 Å². The van der Waals surface area contributed by atoms with Gasteiger partial charge in [-0.2, -0.15) is 13.2 Å². The number of hydrogen-bond acceptors (Lipinski definition) is 3. The van der Waals surface area contributed by atoms with Crippen molar-refractivity contribution < 1.29 is 18.0 Å². The number of aromatic nitrogens is 1. The molecule has 8 heteroatoms. The van der Waals surface area contributed by atoms with Crippen molar-refractivity contribution in [2.45, 2.75) is 39.2 Å². The van der Waals surface area contributed by atoms with Crippen molar-refractivity contribution in [1.29, 1.82) is 0 Å². The van der Waals surface area contributed by atoms with Crippen LogP contribution in [-0.4, -0.2) is 28.9 Å². The first-order chi connectivity index (χ1) is 12.6. The van der Waals surface area contributed by atoms with Crippen molar-refractivity contribution in [2.24, 2.45) is 0 Å². The van der Waals surface area contributed by atoms with Crippen LogP contribution in [0.3, 0.4) is 0 Å². The van der Waals surface area contributed by atoms with Crippen molar-refractivity contribution in [2.75, 3.05) is 7.05 Å². The van der Waals surface area contributed by atoms with E-state index in [2.05, 4.69) is 10.3 Å². The van der Waals surface area contributed by atoms with Crippen molar-refractivity contribution in [3.8, 4) is 0 Å². The number of H-pyrrole nitrogens is 1. The molecule has 0 spiro atoms. The molecule has 0 bridgehead atoms. The predicted octanol–water partition coefficient (Wildman–Crippen LogP) is 3.16. The third-order valence-electron chi connectivity index (χ3n) is 4.28. The monoisotopic (exact) mass is 381 g/mol. The maximum Gasteiger partial charge on any atom is 0.416 e. The van der Waals surface area contributed by atoms with E-state index in [1.807, 2.05) is 25.8 Å². The Morgan fingerprint density at radius 1 is 1.19 bits per heavy atom. The molecule has 1 amide bonds. The van der Waals surface area contributed by atoms with Crippen LogP contribution in [0.5, 0.6) is 0 Å². The van der Waals surface area contributed by atoms with E-state index >= 15 is 0 Å². The lowest BCUT2D eigenvalue weighted by molar-refractivity contribution is -0.138. The second-order valence-corrected chi connectivity index (χ2v) is 6.57. The smallest absolute Gasteiger partial charge is 0.348 e. The molecule has 2 aromatic rings. The van der Waals surface area contributed by atoms with Crippen LogP contribution in [0.25, 0.3) is 0 Å². The minimum Gasteiger partial charge on any atom is -0.348 e. The average molecular weight is 381 g/mol. The zero-order valence-corrected chi connectivity index (χ0v) is 15.4. The van der Waals surface area contributed by atoms with Crippen LogP contribution in [0.2, 0.25) is 0 Å². The largest absolute Gasteiger partial charge is 0.416 e. The summed E-state index contributed by atoms with van der Waals surface area (Å²) in [6.45, 7) is 4.21. The highest BCUT2D eigenvalue weighted by atomic mass is 19.4. The summed E-state index contributed by atoms with van der Waals surface area (Å²) >= 11 is 0. The second kappa shape index (κ2) is 8.39. The molecule has 0 aliphatic rings. The maximum absolute atomic E-state index is 13.0. The van der Waals surface area contributed by atoms with Crippen LogP contribution in [0.4, 0.5) is 13.2 Å². The maximum atomic E-state index is 13.0. The Hall–Kier alpha value is -2.61. The number of aromatic amines is 1. The van der Waals surface area contributed by atoms with Crippen molar-refractivity contribution >= 4 is 5.91 Å². The van der Waals surface area contributed by atoms with E-state index in [1.165, 1.54) is 24.3 Å². The first-order valence-corrected chi connectivity index (χ1v) is 8.45. The first-order valence-electron chi connectivity index (χ1n) is 8.45. The summed E-state index contributed by atoms with van der Waals surface area (Å²) in [5, 5.41) is 2.38. The number of carbonyl (C=O) groups excluding carboxylic acids is 1. The Labute approximate surface area is 155 Å². The van der Waals surface area contributed by atoms with Gasteiger partial charge in [-0.05, 0) is 44.7 Å². The van der Waals surface area contributed by atoms with Crippen LogP contribution >= 0.6 is 0 Å². The number of amides is 1. The summed E-state index contributed by atoms with van der Waals surface area (Å²) in [5.74, 6) is -0.725. The van der Waals surface area contributed by atoms with Gasteiger partial charge in [-0.3, -0.25) is 14.5 Å². The Kier molecular flexibility index (Phi) is 6.43. The molecule has 0 saturated carbocycles. The van der Waals surface area contributed by atoms with Gasteiger partial charge in [-0.15, -0.1) is 0 Å². The van der Waals surface area contributed by atoms with Gasteiger partial charge >= 0.3 is 6.18 Å². The SMILES string of the molecule is CC(C)N(C)Cc1ccc(C(=O)NCc2ccccc2C(F)(F)F)c(=O)[nH]1. The minimum absolute atomic E-state index is 0.0649. The van der Waals surface area contributed by atoms with E-state index < -0.39 is 23.2 Å². The summed E-state index contributed by atoms with van der Waals surface area (Å²) in [6, 6.07) is 8.28. The molecule has 2 N–H and O–H groups in total. The quantitative estimate of drug-likeness (QED) is 0.808. The summed E-state index contributed by atoms with van der Waals surface area (Å²) in [6.07, 6.45) is -4.51. The number of carbonyl (C=O) groups is 1. The Balaban J connectivity index is 2.10. The van der Waals surface area contributed by atoms with E-state index in [1.54, 1.807) is 6.07 Å². The molecule has 0 atom stereocenters. The van der Waals surface area contributed by atoms with E-state index in [4.69, 9.17) is 0 Å². The zero-order chi connectivity index (χ0) is 20.2. The summed E-state index contributed by atoms with van der Waals surface area (Å²) in [5.41, 5.74) is -0.951. The van der Waals surface area contributed by atoms with Gasteiger partial charge in [0, 0.05) is 24.8 Å². The van der Waals surface area contributed by atoms with Gasteiger partial charge in [0.2, 0.25) is 0 Å². The fourth-order valence-electron chi connectivity index (χ4n) is 2.46. The first kappa shape index (κ1) is 20.7. The molecule has 1 heterocycles. The lowest BCUT2D eigenvalue weighted by Crippen LogP contribution is -2.31. The number of nitrogens with zero attached hydrogens (tertiary/aromatic N) is 1. The lowest BCUT2D eigenvalue weighted by atomic mass is 10.1. The average Bonchev–Trinajstić information content (AvgIpc) is 2.59. The van der Waals surface area contributed by atoms with Crippen molar-refractivity contribution in [3.05, 3.63) is 69.1 Å². The number of benzene rings is 1. The number of hydrogen-bond donors (Lipinski definition) is 2. The zero-order valence-electron chi connectivity index (χ0n) is 15.4. The molecule has 1 aromatic carbocycles. The Bertz CT molecular complexity index is 860. The fourth-order valence-corrected chi connectivity index (χ4v) is 2.46. The molecule has 0 saturated heterocycles. The number of rotatable bonds is 6. The standard InChI is InChI=1S/C19H22F3N3O2/c1-12(2)25(3)11-14-8-9-15(18(27)24-14)17(26)23-10-13-6-4-5-7-16(13)19(20,21)22/h4-9,12H,10-11H2,1-3H3,(H,23,26)(H,24,27). The molecule has 1 aromatic heterocycles. The molecule has 0 radical (unpaired) electrons. The normalized spacial score (nSPS) is 11.9.